The molecule has 1 N–H and O–H groups in total. The van der Waals surface area contributed by atoms with Crippen molar-refractivity contribution in [3.05, 3.63) is 29.3 Å². The monoisotopic (exact) mass is 329 g/mol. The van der Waals surface area contributed by atoms with Gasteiger partial charge in [0, 0.05) is 0 Å². The third-order valence-corrected chi connectivity index (χ3v) is 6.30. The molecule has 7 heteroatoms. The predicted molar refractivity (Wildman–Crippen MR) is 79.6 cm³/mol. The van der Waals surface area contributed by atoms with Gasteiger partial charge in [-0.1, -0.05) is 6.07 Å². The number of fused-ring (bicyclic) bond motifs is 1. The van der Waals surface area contributed by atoms with Gasteiger partial charge in [-0.05, 0) is 30.0 Å². The van der Waals surface area contributed by atoms with Crippen LogP contribution in [-0.2, 0) is 9.84 Å². The molecular formula is C14H16ClNO4S. The molecule has 2 aliphatic rings. The summed E-state index contributed by atoms with van der Waals surface area (Å²) in [5.74, 6) is 0.546. The number of hydrogen-bond acceptors (Lipinski definition) is 4. The molecule has 1 saturated heterocycles. The minimum Gasteiger partial charge on any atom is -0.491 e. The summed E-state index contributed by atoms with van der Waals surface area (Å²) >= 11 is 6.43. The first-order chi connectivity index (χ1) is 9.96. The SMILES string of the molecule is O=C1NCCOc2ccc(C(Cl)C3CCS(=O)(=O)C3)cc21. The summed E-state index contributed by atoms with van der Waals surface area (Å²) in [7, 11) is -2.97. The number of nitrogens with one attached hydrogen (secondary N) is 1. The van der Waals surface area contributed by atoms with Crippen LogP contribution in [0.25, 0.3) is 0 Å². The van der Waals surface area contributed by atoms with Gasteiger partial charge in [0.05, 0.1) is 29.0 Å². The zero-order valence-electron chi connectivity index (χ0n) is 11.3. The van der Waals surface area contributed by atoms with E-state index in [1.165, 1.54) is 0 Å². The van der Waals surface area contributed by atoms with Gasteiger partial charge in [0.2, 0.25) is 0 Å². The smallest absolute Gasteiger partial charge is 0.255 e. The Balaban J connectivity index is 1.88. The lowest BCUT2D eigenvalue weighted by Crippen LogP contribution is -2.24. The van der Waals surface area contributed by atoms with Crippen molar-refractivity contribution in [1.82, 2.24) is 5.32 Å². The van der Waals surface area contributed by atoms with Crippen LogP contribution in [0.4, 0.5) is 0 Å². The average molecular weight is 330 g/mol. The summed E-state index contributed by atoms with van der Waals surface area (Å²) in [6.07, 6.45) is 0.566. The first-order valence-electron chi connectivity index (χ1n) is 6.86. The summed E-state index contributed by atoms with van der Waals surface area (Å²) in [6.45, 7) is 0.900. The first-order valence-corrected chi connectivity index (χ1v) is 9.11. The van der Waals surface area contributed by atoms with Gasteiger partial charge < -0.3 is 10.1 Å². The van der Waals surface area contributed by atoms with Gasteiger partial charge in [-0.25, -0.2) is 8.42 Å². The number of hydrogen-bond donors (Lipinski definition) is 1. The van der Waals surface area contributed by atoms with Gasteiger partial charge in [-0.15, -0.1) is 11.6 Å². The molecule has 2 heterocycles. The highest BCUT2D eigenvalue weighted by molar-refractivity contribution is 7.91. The van der Waals surface area contributed by atoms with Crippen molar-refractivity contribution in [3.8, 4) is 5.75 Å². The molecule has 1 amide bonds. The highest BCUT2D eigenvalue weighted by Crippen LogP contribution is 2.37. The largest absolute Gasteiger partial charge is 0.491 e. The maximum absolute atomic E-state index is 12.0. The van der Waals surface area contributed by atoms with Crippen LogP contribution in [0.2, 0.25) is 0 Å². The van der Waals surface area contributed by atoms with Crippen LogP contribution in [0.3, 0.4) is 0 Å². The molecule has 2 unspecified atom stereocenters. The Labute approximate surface area is 128 Å². The Bertz CT molecular complexity index is 674. The number of ether oxygens (including phenoxy) is 1. The highest BCUT2D eigenvalue weighted by Gasteiger charge is 2.34. The fourth-order valence-electron chi connectivity index (χ4n) is 2.77. The van der Waals surface area contributed by atoms with E-state index in [4.69, 9.17) is 16.3 Å². The van der Waals surface area contributed by atoms with Crippen molar-refractivity contribution >= 4 is 27.3 Å². The molecule has 21 heavy (non-hydrogen) atoms. The molecule has 0 aliphatic carbocycles. The van der Waals surface area contributed by atoms with Crippen LogP contribution < -0.4 is 10.1 Å². The van der Waals surface area contributed by atoms with Gasteiger partial charge in [-0.2, -0.15) is 0 Å². The zero-order chi connectivity index (χ0) is 15.0. The molecule has 0 spiro atoms. The lowest BCUT2D eigenvalue weighted by Gasteiger charge is -2.17. The third-order valence-electron chi connectivity index (χ3n) is 3.89. The second-order valence-electron chi connectivity index (χ2n) is 5.42. The quantitative estimate of drug-likeness (QED) is 0.835. The number of carbonyl (C=O) groups excluding carboxylic acids is 1. The van der Waals surface area contributed by atoms with E-state index in [2.05, 4.69) is 5.32 Å². The van der Waals surface area contributed by atoms with E-state index in [1.807, 2.05) is 0 Å². The summed E-state index contributed by atoms with van der Waals surface area (Å²) in [5, 5.41) is 2.33. The van der Waals surface area contributed by atoms with Crippen LogP contribution in [-0.4, -0.2) is 39.0 Å². The molecule has 0 aromatic heterocycles. The molecule has 0 saturated carbocycles. The van der Waals surface area contributed by atoms with Crippen LogP contribution in [0.15, 0.2) is 18.2 Å². The Morgan fingerprint density at radius 3 is 2.90 bits per heavy atom. The van der Waals surface area contributed by atoms with E-state index >= 15 is 0 Å². The number of alkyl halides is 1. The van der Waals surface area contributed by atoms with Crippen molar-refractivity contribution in [2.45, 2.75) is 11.8 Å². The molecule has 1 aromatic carbocycles. The summed E-state index contributed by atoms with van der Waals surface area (Å²) in [6, 6.07) is 5.24. The van der Waals surface area contributed by atoms with Crippen molar-refractivity contribution in [1.29, 1.82) is 0 Å². The second kappa shape index (κ2) is 5.50. The van der Waals surface area contributed by atoms with Crippen molar-refractivity contribution in [2.24, 2.45) is 5.92 Å². The van der Waals surface area contributed by atoms with E-state index in [9.17, 15) is 13.2 Å². The van der Waals surface area contributed by atoms with Crippen molar-refractivity contribution < 1.29 is 17.9 Å². The molecule has 1 fully saturated rings. The number of amides is 1. The van der Waals surface area contributed by atoms with E-state index in [-0.39, 0.29) is 23.3 Å². The Kier molecular flexibility index (Phi) is 3.84. The first kappa shape index (κ1) is 14.7. The minimum absolute atomic E-state index is 0.107. The summed E-state index contributed by atoms with van der Waals surface area (Å²) in [5.41, 5.74) is 1.22. The standard InChI is InChI=1S/C14H16ClNO4S/c15-13(10-3-6-21(18,19)8-10)9-1-2-12-11(7-9)14(17)16-4-5-20-12/h1-2,7,10,13H,3-6,8H2,(H,16,17). The third kappa shape index (κ3) is 3.01. The molecule has 114 valence electrons. The number of carbonyl (C=O) groups is 1. The van der Waals surface area contributed by atoms with E-state index in [1.54, 1.807) is 18.2 Å². The lowest BCUT2D eigenvalue weighted by molar-refractivity contribution is 0.0957. The normalized spacial score (nSPS) is 25.4. The number of sulfone groups is 1. The van der Waals surface area contributed by atoms with Crippen LogP contribution in [0, 0.1) is 5.92 Å². The van der Waals surface area contributed by atoms with E-state index < -0.39 is 15.2 Å². The fourth-order valence-corrected chi connectivity index (χ4v) is 5.07. The molecule has 0 bridgehead atoms. The molecule has 1 aromatic rings. The van der Waals surface area contributed by atoms with Gasteiger partial charge in [-0.3, -0.25) is 4.79 Å². The molecule has 5 nitrogen and oxygen atoms in total. The zero-order valence-corrected chi connectivity index (χ0v) is 12.9. The number of rotatable bonds is 2. The topological polar surface area (TPSA) is 72.5 Å². The molecule has 2 aliphatic heterocycles. The maximum Gasteiger partial charge on any atom is 0.255 e. The Hall–Kier alpha value is -1.27. The van der Waals surface area contributed by atoms with Crippen molar-refractivity contribution in [3.63, 3.8) is 0 Å². The summed E-state index contributed by atoms with van der Waals surface area (Å²) in [4.78, 5) is 12.0. The molecule has 2 atom stereocenters. The Morgan fingerprint density at radius 1 is 1.38 bits per heavy atom. The Morgan fingerprint density at radius 2 is 2.19 bits per heavy atom. The van der Waals surface area contributed by atoms with Crippen LogP contribution >= 0.6 is 11.6 Å². The minimum atomic E-state index is -2.97. The van der Waals surface area contributed by atoms with Gasteiger partial charge >= 0.3 is 0 Å². The molecule has 3 rings (SSSR count). The van der Waals surface area contributed by atoms with Gasteiger partial charge in [0.1, 0.15) is 12.4 Å². The molecule has 0 radical (unpaired) electrons. The molecular weight excluding hydrogens is 314 g/mol. The number of benzene rings is 1. The average Bonchev–Trinajstić information content (AvgIpc) is 2.72. The highest BCUT2D eigenvalue weighted by atomic mass is 35.5. The fraction of sp³-hybridized carbons (Fsp3) is 0.500. The lowest BCUT2D eigenvalue weighted by atomic mass is 9.96. The van der Waals surface area contributed by atoms with E-state index in [0.717, 1.165) is 5.56 Å². The van der Waals surface area contributed by atoms with Gasteiger partial charge in [0.25, 0.3) is 5.91 Å². The van der Waals surface area contributed by atoms with Crippen LogP contribution in [0.1, 0.15) is 27.7 Å². The van der Waals surface area contributed by atoms with E-state index in [0.29, 0.717) is 30.9 Å². The number of halogens is 1. The van der Waals surface area contributed by atoms with Crippen molar-refractivity contribution in [2.75, 3.05) is 24.7 Å². The van der Waals surface area contributed by atoms with Crippen LogP contribution in [0.5, 0.6) is 5.75 Å². The van der Waals surface area contributed by atoms with Gasteiger partial charge in [0.15, 0.2) is 9.84 Å². The second-order valence-corrected chi connectivity index (χ2v) is 8.12. The maximum atomic E-state index is 12.0. The summed E-state index contributed by atoms with van der Waals surface area (Å²) < 4.78 is 28.6. The predicted octanol–water partition coefficient (Wildman–Crippen LogP) is 1.52.